The molecule has 24 heavy (non-hydrogen) atoms. The summed E-state index contributed by atoms with van der Waals surface area (Å²) in [6.07, 6.45) is -0.822. The molecule has 3 atom stereocenters. The number of carboxylic acids is 2. The van der Waals surface area contributed by atoms with Crippen LogP contribution >= 0.6 is 12.6 Å². The molecule has 0 heterocycles. The second-order valence-electron chi connectivity index (χ2n) is 4.73. The Balaban J connectivity index is 4.79. The monoisotopic (exact) mass is 364 g/mol. The zero-order valence-electron chi connectivity index (χ0n) is 12.8. The molecule has 0 aliphatic carbocycles. The minimum atomic E-state index is -1.65. The van der Waals surface area contributed by atoms with Crippen molar-refractivity contribution in [1.29, 1.82) is 0 Å². The topological polar surface area (TPSA) is 188 Å². The molecule has 0 aromatic rings. The van der Waals surface area contributed by atoms with E-state index in [9.17, 15) is 24.0 Å². The maximum Gasteiger partial charge on any atom is 0.326 e. The highest BCUT2D eigenvalue weighted by Gasteiger charge is 2.28. The first-order valence-corrected chi connectivity index (χ1v) is 7.41. The first-order chi connectivity index (χ1) is 11.1. The quantitative estimate of drug-likeness (QED) is 0.198. The summed E-state index contributed by atoms with van der Waals surface area (Å²) >= 11 is 3.88. The van der Waals surface area contributed by atoms with Crippen LogP contribution in [-0.4, -0.2) is 70.3 Å². The average molecular weight is 364 g/mol. The third-order valence-electron chi connectivity index (χ3n) is 2.77. The van der Waals surface area contributed by atoms with Crippen LogP contribution < -0.4 is 21.7 Å². The predicted molar refractivity (Wildman–Crippen MR) is 84.3 cm³/mol. The van der Waals surface area contributed by atoms with Crippen molar-refractivity contribution in [1.82, 2.24) is 16.0 Å². The Labute approximate surface area is 142 Å². The molecule has 3 amide bonds. The highest BCUT2D eigenvalue weighted by atomic mass is 32.1. The van der Waals surface area contributed by atoms with Crippen molar-refractivity contribution in [2.75, 3.05) is 12.3 Å². The van der Waals surface area contributed by atoms with E-state index in [0.717, 1.165) is 0 Å². The number of hydrogen-bond acceptors (Lipinski definition) is 7. The number of aliphatic carboxylic acids is 2. The lowest BCUT2D eigenvalue weighted by atomic mass is 10.2. The van der Waals surface area contributed by atoms with Crippen LogP contribution in [0, 0.1) is 0 Å². The van der Waals surface area contributed by atoms with Crippen LogP contribution in [-0.2, 0) is 24.0 Å². The molecule has 0 aromatic carbocycles. The van der Waals surface area contributed by atoms with Gasteiger partial charge in [0.1, 0.15) is 18.1 Å². The largest absolute Gasteiger partial charge is 0.481 e. The van der Waals surface area contributed by atoms with Gasteiger partial charge in [0.2, 0.25) is 17.7 Å². The van der Waals surface area contributed by atoms with Crippen LogP contribution in [0.25, 0.3) is 0 Å². The van der Waals surface area contributed by atoms with Crippen molar-refractivity contribution in [3.63, 3.8) is 0 Å². The van der Waals surface area contributed by atoms with Crippen molar-refractivity contribution in [2.45, 2.75) is 31.5 Å². The number of carbonyl (C=O) groups is 5. The molecule has 12 heteroatoms. The molecule has 136 valence electrons. The Morgan fingerprint density at radius 2 is 1.54 bits per heavy atom. The third kappa shape index (κ3) is 7.78. The zero-order chi connectivity index (χ0) is 18.9. The van der Waals surface area contributed by atoms with Gasteiger partial charge in [0.05, 0.1) is 13.0 Å². The van der Waals surface area contributed by atoms with Crippen molar-refractivity contribution in [2.24, 2.45) is 5.73 Å². The van der Waals surface area contributed by atoms with E-state index in [2.05, 4.69) is 23.3 Å². The summed E-state index contributed by atoms with van der Waals surface area (Å²) in [4.78, 5) is 56.5. The molecule has 0 spiro atoms. The van der Waals surface area contributed by atoms with Gasteiger partial charge in [0.15, 0.2) is 0 Å². The van der Waals surface area contributed by atoms with Gasteiger partial charge in [0.25, 0.3) is 0 Å². The number of hydrogen-bond donors (Lipinski definition) is 7. The van der Waals surface area contributed by atoms with Crippen LogP contribution in [0.2, 0.25) is 0 Å². The Morgan fingerprint density at radius 1 is 1.00 bits per heavy atom. The van der Waals surface area contributed by atoms with E-state index < -0.39 is 54.2 Å². The van der Waals surface area contributed by atoms with Crippen LogP contribution in [0.1, 0.15) is 13.3 Å². The zero-order valence-corrected chi connectivity index (χ0v) is 13.7. The summed E-state index contributed by atoms with van der Waals surface area (Å²) in [6, 6.07) is -3.84. The fourth-order valence-corrected chi connectivity index (χ4v) is 1.76. The van der Waals surface area contributed by atoms with Gasteiger partial charge < -0.3 is 31.9 Å². The molecule has 3 unspecified atom stereocenters. The van der Waals surface area contributed by atoms with Crippen LogP contribution in [0.3, 0.4) is 0 Å². The molecule has 0 saturated carbocycles. The van der Waals surface area contributed by atoms with E-state index in [-0.39, 0.29) is 12.3 Å². The number of rotatable bonds is 10. The van der Waals surface area contributed by atoms with Crippen molar-refractivity contribution < 1.29 is 34.2 Å². The van der Waals surface area contributed by atoms with Gasteiger partial charge in [-0.15, -0.1) is 0 Å². The Morgan fingerprint density at radius 3 is 1.96 bits per heavy atom. The highest BCUT2D eigenvalue weighted by molar-refractivity contribution is 7.80. The number of thiol groups is 1. The molecular weight excluding hydrogens is 344 g/mol. The van der Waals surface area contributed by atoms with E-state index >= 15 is 0 Å². The van der Waals surface area contributed by atoms with E-state index in [1.807, 2.05) is 5.32 Å². The first-order valence-electron chi connectivity index (χ1n) is 6.78. The van der Waals surface area contributed by atoms with Gasteiger partial charge in [-0.2, -0.15) is 12.6 Å². The SMILES string of the molecule is CC(NC(=O)CN)C(=O)NC(CS)C(=O)NC(CC(=O)O)C(=O)O. The molecule has 0 bridgehead atoms. The number of carboxylic acid groups (broad SMARTS) is 2. The Bertz CT molecular complexity index is 514. The number of amides is 3. The summed E-state index contributed by atoms with van der Waals surface area (Å²) in [5.74, 6) is -5.31. The van der Waals surface area contributed by atoms with Gasteiger partial charge in [0, 0.05) is 5.75 Å². The maximum absolute atomic E-state index is 12.0. The Kier molecular flexibility index (Phi) is 9.42. The average Bonchev–Trinajstić information content (AvgIpc) is 2.50. The molecular formula is C12H20N4O7S. The third-order valence-corrected chi connectivity index (χ3v) is 3.13. The smallest absolute Gasteiger partial charge is 0.326 e. The van der Waals surface area contributed by atoms with E-state index in [4.69, 9.17) is 15.9 Å². The summed E-state index contributed by atoms with van der Waals surface area (Å²) < 4.78 is 0. The Hall–Kier alpha value is -2.34. The lowest BCUT2D eigenvalue weighted by molar-refractivity contribution is -0.147. The molecule has 0 aliphatic rings. The minimum Gasteiger partial charge on any atom is -0.481 e. The van der Waals surface area contributed by atoms with E-state index in [1.54, 1.807) is 0 Å². The van der Waals surface area contributed by atoms with Crippen molar-refractivity contribution in [3.05, 3.63) is 0 Å². The fraction of sp³-hybridized carbons (Fsp3) is 0.583. The van der Waals surface area contributed by atoms with Gasteiger partial charge in [-0.1, -0.05) is 0 Å². The lowest BCUT2D eigenvalue weighted by Crippen LogP contribution is -2.56. The number of nitrogens with two attached hydrogens (primary N) is 1. The van der Waals surface area contributed by atoms with Crippen LogP contribution in [0.5, 0.6) is 0 Å². The van der Waals surface area contributed by atoms with Crippen molar-refractivity contribution in [3.8, 4) is 0 Å². The minimum absolute atomic E-state index is 0.172. The number of nitrogens with one attached hydrogen (secondary N) is 3. The molecule has 0 saturated heterocycles. The van der Waals surface area contributed by atoms with E-state index in [1.165, 1.54) is 6.92 Å². The fourth-order valence-electron chi connectivity index (χ4n) is 1.50. The second-order valence-corrected chi connectivity index (χ2v) is 5.10. The second kappa shape index (κ2) is 10.4. The summed E-state index contributed by atoms with van der Waals surface area (Å²) in [5.41, 5.74) is 5.10. The van der Waals surface area contributed by atoms with Gasteiger partial charge in [-0.05, 0) is 6.92 Å². The van der Waals surface area contributed by atoms with Crippen LogP contribution in [0.4, 0.5) is 0 Å². The molecule has 0 aromatic heterocycles. The molecule has 0 rings (SSSR count). The summed E-state index contributed by atoms with van der Waals surface area (Å²) in [5, 5.41) is 24.0. The lowest BCUT2D eigenvalue weighted by Gasteiger charge is -2.21. The summed E-state index contributed by atoms with van der Waals surface area (Å²) in [6.45, 7) is 1.05. The standard InChI is InChI=1S/C12H20N4O7S/c1-5(14-8(17)3-13)10(20)16-7(4-24)11(21)15-6(12(22)23)2-9(18)19/h5-7,24H,2-4,13H2,1H3,(H,14,17)(H,15,21)(H,16,20)(H,18,19)(H,22,23). The normalized spacial score (nSPS) is 14.0. The molecule has 0 radical (unpaired) electrons. The molecule has 0 fully saturated rings. The molecule has 11 nitrogen and oxygen atoms in total. The predicted octanol–water partition coefficient (Wildman–Crippen LogP) is -3.09. The van der Waals surface area contributed by atoms with Gasteiger partial charge >= 0.3 is 11.9 Å². The number of carbonyl (C=O) groups excluding carboxylic acids is 3. The van der Waals surface area contributed by atoms with Crippen molar-refractivity contribution >= 4 is 42.3 Å². The van der Waals surface area contributed by atoms with Gasteiger partial charge in [-0.25, -0.2) is 4.79 Å². The highest BCUT2D eigenvalue weighted by Crippen LogP contribution is 1.97. The maximum atomic E-state index is 12.0. The summed E-state index contributed by atoms with van der Waals surface area (Å²) in [7, 11) is 0. The van der Waals surface area contributed by atoms with Crippen LogP contribution in [0.15, 0.2) is 0 Å². The first kappa shape index (κ1) is 21.7. The van der Waals surface area contributed by atoms with Gasteiger partial charge in [-0.3, -0.25) is 19.2 Å². The molecule has 7 N–H and O–H groups in total. The van der Waals surface area contributed by atoms with E-state index in [0.29, 0.717) is 0 Å². The molecule has 0 aliphatic heterocycles.